The summed E-state index contributed by atoms with van der Waals surface area (Å²) in [6.45, 7) is 0. The van der Waals surface area contributed by atoms with Crippen LogP contribution in [0.25, 0.3) is 0 Å². The van der Waals surface area contributed by atoms with Gasteiger partial charge in [-0.2, -0.15) is 0 Å². The summed E-state index contributed by atoms with van der Waals surface area (Å²) in [6.07, 6.45) is 0. The number of anilines is 1. The zero-order chi connectivity index (χ0) is 17.7. The lowest BCUT2D eigenvalue weighted by molar-refractivity contribution is -0.396. The molecule has 0 aliphatic heterocycles. The smallest absolute Gasteiger partial charge is 0.289 e. The lowest BCUT2D eigenvalue weighted by Crippen LogP contribution is -2.14. The summed E-state index contributed by atoms with van der Waals surface area (Å²) < 4.78 is 12.8. The number of nitro groups is 2. The quantitative estimate of drug-likeness (QED) is 0.484. The summed E-state index contributed by atoms with van der Waals surface area (Å²) in [6, 6.07) is 8.34. The van der Waals surface area contributed by atoms with E-state index in [4.69, 9.17) is 0 Å². The average Bonchev–Trinajstić information content (AvgIpc) is 2.54. The molecule has 0 unspecified atom stereocenters. The highest BCUT2D eigenvalue weighted by molar-refractivity contribution is 8.00. The van der Waals surface area contributed by atoms with E-state index in [1.54, 1.807) is 0 Å². The molecule has 0 atom stereocenters. The molecule has 8 nitrogen and oxygen atoms in total. The first-order valence-electron chi connectivity index (χ1n) is 6.48. The van der Waals surface area contributed by atoms with Gasteiger partial charge in [-0.25, -0.2) is 4.39 Å². The van der Waals surface area contributed by atoms with Crippen molar-refractivity contribution in [1.29, 1.82) is 0 Å². The Balaban J connectivity index is 2.05. The molecule has 10 heteroatoms. The van der Waals surface area contributed by atoms with Crippen LogP contribution in [-0.4, -0.2) is 21.5 Å². The van der Waals surface area contributed by atoms with Gasteiger partial charge in [-0.15, -0.1) is 11.8 Å². The van der Waals surface area contributed by atoms with Gasteiger partial charge in [0, 0.05) is 11.8 Å². The van der Waals surface area contributed by atoms with Gasteiger partial charge in [0.2, 0.25) is 5.91 Å². The molecule has 0 aromatic heterocycles. The number of carbonyl (C=O) groups is 1. The number of benzene rings is 2. The fourth-order valence-corrected chi connectivity index (χ4v) is 2.56. The highest BCUT2D eigenvalue weighted by atomic mass is 32.2. The first kappa shape index (κ1) is 17.3. The van der Waals surface area contributed by atoms with Crippen LogP contribution in [0.15, 0.2) is 47.4 Å². The van der Waals surface area contributed by atoms with E-state index < -0.39 is 32.9 Å². The maximum atomic E-state index is 12.8. The molecule has 0 saturated heterocycles. The van der Waals surface area contributed by atoms with Crippen molar-refractivity contribution in [2.75, 3.05) is 11.1 Å². The van der Waals surface area contributed by atoms with Crippen LogP contribution in [0.2, 0.25) is 0 Å². The first-order valence-corrected chi connectivity index (χ1v) is 7.46. The number of hydrogen-bond donors (Lipinski definition) is 1. The van der Waals surface area contributed by atoms with Crippen molar-refractivity contribution >= 4 is 34.7 Å². The summed E-state index contributed by atoms with van der Waals surface area (Å²) in [5.74, 6) is -1.03. The molecule has 0 fully saturated rings. The zero-order valence-electron chi connectivity index (χ0n) is 12.0. The molecule has 1 N–H and O–H groups in total. The fourth-order valence-electron chi connectivity index (χ4n) is 1.76. The van der Waals surface area contributed by atoms with Gasteiger partial charge in [0.05, 0.1) is 26.6 Å². The summed E-state index contributed by atoms with van der Waals surface area (Å²) in [7, 11) is 0. The van der Waals surface area contributed by atoms with Crippen LogP contribution < -0.4 is 5.32 Å². The number of amides is 1. The second-order valence-electron chi connectivity index (χ2n) is 4.51. The Morgan fingerprint density at radius 1 is 1.08 bits per heavy atom. The van der Waals surface area contributed by atoms with Crippen molar-refractivity contribution in [3.63, 3.8) is 0 Å². The van der Waals surface area contributed by atoms with Gasteiger partial charge in [-0.1, -0.05) is 0 Å². The van der Waals surface area contributed by atoms with Crippen molar-refractivity contribution < 1.29 is 19.0 Å². The van der Waals surface area contributed by atoms with E-state index in [1.807, 2.05) is 0 Å². The SMILES string of the molecule is O=C(CSc1ccc([N+](=O)[O-])cc1[N+](=O)[O-])Nc1ccc(F)cc1. The Morgan fingerprint density at radius 3 is 2.33 bits per heavy atom. The van der Waals surface area contributed by atoms with E-state index >= 15 is 0 Å². The standard InChI is InChI=1S/C14H10FN3O5S/c15-9-1-3-10(4-2-9)16-14(19)8-24-13-6-5-11(17(20)21)7-12(13)18(22)23/h1-7H,8H2,(H,16,19). The second kappa shape index (κ2) is 7.51. The fraction of sp³-hybridized carbons (Fsp3) is 0.0714. The molecule has 0 bridgehead atoms. The Hall–Kier alpha value is -3.01. The zero-order valence-corrected chi connectivity index (χ0v) is 12.8. The molecule has 2 aromatic rings. The minimum atomic E-state index is -0.743. The van der Waals surface area contributed by atoms with Gasteiger partial charge in [0.25, 0.3) is 11.4 Å². The van der Waals surface area contributed by atoms with Crippen molar-refractivity contribution in [2.24, 2.45) is 0 Å². The molecule has 2 rings (SSSR count). The van der Waals surface area contributed by atoms with Crippen molar-refractivity contribution in [3.05, 3.63) is 68.5 Å². The minimum Gasteiger partial charge on any atom is -0.325 e. The first-order chi connectivity index (χ1) is 11.4. The number of nitro benzene ring substituents is 2. The molecular formula is C14H10FN3O5S. The molecule has 2 aromatic carbocycles. The number of hydrogen-bond acceptors (Lipinski definition) is 6. The number of carbonyl (C=O) groups excluding carboxylic acids is 1. The van der Waals surface area contributed by atoms with Crippen molar-refractivity contribution in [3.8, 4) is 0 Å². The van der Waals surface area contributed by atoms with E-state index in [9.17, 15) is 29.4 Å². The minimum absolute atomic E-state index is 0.139. The predicted molar refractivity (Wildman–Crippen MR) is 85.5 cm³/mol. The third kappa shape index (κ3) is 4.49. The maximum Gasteiger partial charge on any atom is 0.289 e. The second-order valence-corrected chi connectivity index (χ2v) is 5.53. The largest absolute Gasteiger partial charge is 0.325 e. The molecule has 0 aliphatic carbocycles. The molecule has 124 valence electrons. The number of nitrogens with zero attached hydrogens (tertiary/aromatic N) is 2. The predicted octanol–water partition coefficient (Wildman–Crippen LogP) is 3.37. The summed E-state index contributed by atoms with van der Waals surface area (Å²) in [5.41, 5.74) is -0.453. The monoisotopic (exact) mass is 351 g/mol. The van der Waals surface area contributed by atoms with Crippen LogP contribution in [0.1, 0.15) is 0 Å². The number of rotatable bonds is 6. The highest BCUT2D eigenvalue weighted by Gasteiger charge is 2.20. The molecule has 0 saturated carbocycles. The van der Waals surface area contributed by atoms with Crippen LogP contribution in [0.4, 0.5) is 21.5 Å². The van der Waals surface area contributed by atoms with E-state index in [0.717, 1.165) is 23.9 Å². The molecule has 0 radical (unpaired) electrons. The maximum absolute atomic E-state index is 12.8. The number of thioether (sulfide) groups is 1. The van der Waals surface area contributed by atoms with Gasteiger partial charge in [-0.3, -0.25) is 25.0 Å². The number of halogens is 1. The van der Waals surface area contributed by atoms with Gasteiger partial charge in [-0.05, 0) is 30.3 Å². The van der Waals surface area contributed by atoms with Crippen LogP contribution in [0, 0.1) is 26.0 Å². The Kier molecular flexibility index (Phi) is 5.42. The molecule has 0 heterocycles. The Labute approximate surface area is 139 Å². The molecule has 0 aliphatic rings. The normalized spacial score (nSPS) is 10.2. The third-order valence-corrected chi connectivity index (χ3v) is 3.90. The van der Waals surface area contributed by atoms with Gasteiger partial charge in [0.15, 0.2) is 0 Å². The van der Waals surface area contributed by atoms with E-state index in [1.165, 1.54) is 30.3 Å². The summed E-state index contributed by atoms with van der Waals surface area (Å²) in [4.78, 5) is 32.1. The van der Waals surface area contributed by atoms with Crippen LogP contribution in [-0.2, 0) is 4.79 Å². The van der Waals surface area contributed by atoms with Crippen molar-refractivity contribution in [2.45, 2.75) is 4.90 Å². The van der Waals surface area contributed by atoms with Gasteiger partial charge in [0.1, 0.15) is 5.82 Å². The lowest BCUT2D eigenvalue weighted by atomic mass is 10.3. The molecule has 1 amide bonds. The molecule has 24 heavy (non-hydrogen) atoms. The summed E-state index contributed by atoms with van der Waals surface area (Å²) >= 11 is 0.876. The molecular weight excluding hydrogens is 341 g/mol. The van der Waals surface area contributed by atoms with Gasteiger partial charge < -0.3 is 5.32 Å². The third-order valence-electron chi connectivity index (χ3n) is 2.84. The van der Waals surface area contributed by atoms with E-state index in [0.29, 0.717) is 5.69 Å². The molecule has 0 spiro atoms. The van der Waals surface area contributed by atoms with Crippen LogP contribution >= 0.6 is 11.8 Å². The Bertz CT molecular complexity index is 797. The van der Waals surface area contributed by atoms with Gasteiger partial charge >= 0.3 is 0 Å². The number of nitrogens with one attached hydrogen (secondary N) is 1. The van der Waals surface area contributed by atoms with Crippen molar-refractivity contribution in [1.82, 2.24) is 0 Å². The highest BCUT2D eigenvalue weighted by Crippen LogP contribution is 2.32. The summed E-state index contributed by atoms with van der Waals surface area (Å²) in [5, 5.41) is 24.2. The Morgan fingerprint density at radius 2 is 1.75 bits per heavy atom. The number of non-ortho nitro benzene ring substituents is 1. The lowest BCUT2D eigenvalue weighted by Gasteiger charge is -2.05. The van der Waals surface area contributed by atoms with E-state index in [-0.39, 0.29) is 10.6 Å². The van der Waals surface area contributed by atoms with Crippen LogP contribution in [0.3, 0.4) is 0 Å². The average molecular weight is 351 g/mol. The van der Waals surface area contributed by atoms with E-state index in [2.05, 4.69) is 5.32 Å². The van der Waals surface area contributed by atoms with Crippen LogP contribution in [0.5, 0.6) is 0 Å². The topological polar surface area (TPSA) is 115 Å².